The second kappa shape index (κ2) is 7.72. The van der Waals surface area contributed by atoms with Crippen LogP contribution in [0.5, 0.6) is 0 Å². The summed E-state index contributed by atoms with van der Waals surface area (Å²) >= 11 is 0. The van der Waals surface area contributed by atoms with Crippen molar-refractivity contribution in [2.24, 2.45) is 12.8 Å². The van der Waals surface area contributed by atoms with Crippen LogP contribution in [0.25, 0.3) is 0 Å². The van der Waals surface area contributed by atoms with Crippen molar-refractivity contribution in [3.05, 3.63) is 18.2 Å². The van der Waals surface area contributed by atoms with E-state index in [2.05, 4.69) is 4.98 Å². The molecule has 0 saturated carbocycles. The van der Waals surface area contributed by atoms with Gasteiger partial charge >= 0.3 is 11.9 Å². The third-order valence-corrected chi connectivity index (χ3v) is 3.17. The summed E-state index contributed by atoms with van der Waals surface area (Å²) in [4.78, 5) is 24.4. The maximum absolute atomic E-state index is 10.4. The Bertz CT molecular complexity index is 490. The molecule has 2 heterocycles. The number of carboxylic acid groups (broad SMARTS) is 2. The molecule has 0 aromatic carbocycles. The molecule has 0 radical (unpaired) electrons. The minimum atomic E-state index is -0.990. The van der Waals surface area contributed by atoms with E-state index in [4.69, 9.17) is 21.2 Å². The van der Waals surface area contributed by atoms with E-state index in [0.717, 1.165) is 17.2 Å². The van der Waals surface area contributed by atoms with E-state index in [1.165, 1.54) is 0 Å². The number of nitrogens with zero attached hydrogens (tertiary/aromatic N) is 3. The van der Waals surface area contributed by atoms with Crippen LogP contribution in [0.4, 0.5) is 0 Å². The second-order valence-electron chi connectivity index (χ2n) is 4.80. The average molecular weight is 300 g/mol. The van der Waals surface area contributed by atoms with Crippen LogP contribution in [0.3, 0.4) is 0 Å². The molecule has 1 aromatic rings. The van der Waals surface area contributed by atoms with Crippen LogP contribution < -0.4 is 5.73 Å². The van der Waals surface area contributed by atoms with Gasteiger partial charge in [-0.1, -0.05) is 0 Å². The fourth-order valence-corrected chi connectivity index (χ4v) is 1.90. The number of hydrogen-bond donors (Lipinski definition) is 4. The number of nitrogens with two attached hydrogens (primary N) is 1. The zero-order chi connectivity index (χ0) is 16.0. The first-order valence-corrected chi connectivity index (χ1v) is 6.44. The largest absolute Gasteiger partial charge is 0.480 e. The van der Waals surface area contributed by atoms with E-state index in [-0.39, 0.29) is 0 Å². The Morgan fingerprint density at radius 1 is 1.52 bits per heavy atom. The van der Waals surface area contributed by atoms with Gasteiger partial charge in [-0.15, -0.1) is 0 Å². The maximum Gasteiger partial charge on any atom is 0.323 e. The van der Waals surface area contributed by atoms with Gasteiger partial charge < -0.3 is 25.7 Å². The number of imidazole rings is 1. The minimum absolute atomic E-state index is 0.311. The lowest BCUT2D eigenvalue weighted by molar-refractivity contribution is -0.161. The fourth-order valence-electron chi connectivity index (χ4n) is 1.90. The van der Waals surface area contributed by atoms with Gasteiger partial charge in [-0.25, -0.2) is 4.98 Å². The molecule has 0 amide bonds. The molecule has 0 spiro atoms. The molecule has 2 unspecified atom stereocenters. The Hall–Kier alpha value is -1.97. The number of rotatable bonds is 4. The summed E-state index contributed by atoms with van der Waals surface area (Å²) in [6.07, 6.45) is 4.87. The quantitative estimate of drug-likeness (QED) is 0.571. The van der Waals surface area contributed by atoms with Gasteiger partial charge in [0, 0.05) is 31.9 Å². The van der Waals surface area contributed by atoms with E-state index < -0.39 is 24.0 Å². The molecule has 1 aliphatic rings. The number of aromatic nitrogens is 2. The third-order valence-electron chi connectivity index (χ3n) is 3.17. The van der Waals surface area contributed by atoms with E-state index >= 15 is 0 Å². The molecule has 5 N–H and O–H groups in total. The summed E-state index contributed by atoms with van der Waals surface area (Å²) in [6.45, 7) is 0.483. The number of aryl methyl sites for hydroxylation is 1. The molecule has 9 heteroatoms. The van der Waals surface area contributed by atoms with Crippen LogP contribution in [0.15, 0.2) is 12.5 Å². The van der Waals surface area contributed by atoms with Gasteiger partial charge in [0.05, 0.1) is 6.33 Å². The van der Waals surface area contributed by atoms with Crippen molar-refractivity contribution < 1.29 is 25.0 Å². The molecule has 1 fully saturated rings. The summed E-state index contributed by atoms with van der Waals surface area (Å²) in [5, 5.41) is 26.6. The number of aliphatic carboxylic acids is 2. The van der Waals surface area contributed by atoms with Crippen molar-refractivity contribution in [3.63, 3.8) is 0 Å². The van der Waals surface area contributed by atoms with Crippen LogP contribution in [0, 0.1) is 0 Å². The summed E-state index contributed by atoms with van der Waals surface area (Å²) < 4.78 is 1.75. The summed E-state index contributed by atoms with van der Waals surface area (Å²) in [5.74, 6) is -1.92. The maximum atomic E-state index is 10.4. The smallest absolute Gasteiger partial charge is 0.323 e. The van der Waals surface area contributed by atoms with Gasteiger partial charge in [0.1, 0.15) is 12.1 Å². The topological polar surface area (TPSA) is 142 Å². The molecule has 2 rings (SSSR count). The van der Waals surface area contributed by atoms with Gasteiger partial charge in [0.25, 0.3) is 0 Å². The molecule has 1 saturated heterocycles. The van der Waals surface area contributed by atoms with Crippen molar-refractivity contribution in [1.82, 2.24) is 14.6 Å². The number of hydrogen-bond acceptors (Lipinski definition) is 6. The highest BCUT2D eigenvalue weighted by Gasteiger charge is 2.28. The van der Waals surface area contributed by atoms with Crippen LogP contribution in [-0.2, 0) is 23.1 Å². The first-order chi connectivity index (χ1) is 9.82. The van der Waals surface area contributed by atoms with Crippen LogP contribution in [0.1, 0.15) is 18.5 Å². The van der Waals surface area contributed by atoms with E-state index in [1.54, 1.807) is 24.1 Å². The number of carboxylic acids is 2. The standard InChI is InChI=1S/C7H11N3O2.C5H9NO3/c1-10-4-9-3-5(10)2-6(8)7(11)12;7-5(8)4-2-1-3-6(4)9/h3-4,6H,2,8H2,1H3,(H,11,12);4,9H,1-3H2,(H,7,8). The highest BCUT2D eigenvalue weighted by molar-refractivity contribution is 5.73. The van der Waals surface area contributed by atoms with E-state index in [1.807, 2.05) is 0 Å². The molecule has 1 aromatic heterocycles. The monoisotopic (exact) mass is 300 g/mol. The van der Waals surface area contributed by atoms with Crippen LogP contribution in [0.2, 0.25) is 0 Å². The lowest BCUT2D eigenvalue weighted by Gasteiger charge is -2.11. The van der Waals surface area contributed by atoms with Gasteiger partial charge in [-0.3, -0.25) is 9.59 Å². The SMILES string of the molecule is Cn1cncc1CC(N)C(=O)O.O=C(O)C1CCCN1O. The van der Waals surface area contributed by atoms with Crippen LogP contribution in [-0.4, -0.2) is 60.6 Å². The minimum Gasteiger partial charge on any atom is -0.480 e. The Morgan fingerprint density at radius 2 is 2.19 bits per heavy atom. The first kappa shape index (κ1) is 17.1. The lowest BCUT2D eigenvalue weighted by Crippen LogP contribution is -2.32. The van der Waals surface area contributed by atoms with Crippen molar-refractivity contribution >= 4 is 11.9 Å². The molecule has 0 aliphatic carbocycles. The highest BCUT2D eigenvalue weighted by atomic mass is 16.5. The molecule has 2 atom stereocenters. The summed E-state index contributed by atoms with van der Waals surface area (Å²) in [6, 6.07) is -1.51. The van der Waals surface area contributed by atoms with Crippen molar-refractivity contribution in [3.8, 4) is 0 Å². The van der Waals surface area contributed by atoms with Gasteiger partial charge in [0.2, 0.25) is 0 Å². The zero-order valence-electron chi connectivity index (χ0n) is 11.7. The molecule has 21 heavy (non-hydrogen) atoms. The second-order valence-corrected chi connectivity index (χ2v) is 4.80. The summed E-state index contributed by atoms with van der Waals surface area (Å²) in [7, 11) is 1.80. The molecule has 1 aliphatic heterocycles. The van der Waals surface area contributed by atoms with Gasteiger partial charge in [-0.2, -0.15) is 5.06 Å². The fraction of sp³-hybridized carbons (Fsp3) is 0.583. The summed E-state index contributed by atoms with van der Waals surface area (Å²) in [5.41, 5.74) is 6.16. The molecule has 9 nitrogen and oxygen atoms in total. The predicted octanol–water partition coefficient (Wildman–Crippen LogP) is -0.701. The van der Waals surface area contributed by atoms with Gasteiger partial charge in [-0.05, 0) is 12.8 Å². The van der Waals surface area contributed by atoms with Crippen molar-refractivity contribution in [2.45, 2.75) is 31.3 Å². The predicted molar refractivity (Wildman–Crippen MR) is 71.7 cm³/mol. The molecular weight excluding hydrogens is 280 g/mol. The van der Waals surface area contributed by atoms with Crippen molar-refractivity contribution in [2.75, 3.05) is 6.54 Å². The van der Waals surface area contributed by atoms with E-state index in [0.29, 0.717) is 19.4 Å². The molecular formula is C12H20N4O5. The number of hydroxylamine groups is 2. The zero-order valence-corrected chi connectivity index (χ0v) is 11.7. The Kier molecular flexibility index (Phi) is 6.28. The normalized spacial score (nSPS) is 19.7. The van der Waals surface area contributed by atoms with Gasteiger partial charge in [0.15, 0.2) is 0 Å². The Morgan fingerprint density at radius 3 is 2.52 bits per heavy atom. The highest BCUT2D eigenvalue weighted by Crippen LogP contribution is 2.13. The molecule has 0 bridgehead atoms. The van der Waals surface area contributed by atoms with Crippen molar-refractivity contribution in [1.29, 1.82) is 0 Å². The Labute approximate surface area is 121 Å². The average Bonchev–Trinajstić information content (AvgIpc) is 2.99. The van der Waals surface area contributed by atoms with Crippen LogP contribution >= 0.6 is 0 Å². The van der Waals surface area contributed by atoms with E-state index in [9.17, 15) is 9.59 Å². The first-order valence-electron chi connectivity index (χ1n) is 6.44. The molecule has 118 valence electrons. The lowest BCUT2D eigenvalue weighted by atomic mass is 10.2. The third kappa shape index (κ3) is 5.14. The number of carbonyl (C=O) groups is 2. The Balaban J connectivity index is 0.000000219.